The molecule has 7 nitrogen and oxygen atoms in total. The van der Waals surface area contributed by atoms with Crippen molar-refractivity contribution in [1.29, 1.82) is 0 Å². The van der Waals surface area contributed by atoms with Gasteiger partial charge in [-0.05, 0) is 18.2 Å². The lowest BCUT2D eigenvalue weighted by molar-refractivity contribution is -0.383. The molecule has 0 aliphatic heterocycles. The molecule has 0 aromatic heterocycles. The van der Waals surface area contributed by atoms with Crippen molar-refractivity contribution in [2.24, 2.45) is 0 Å². The van der Waals surface area contributed by atoms with Crippen molar-refractivity contribution >= 4 is 17.3 Å². The average Bonchev–Trinajstić information content (AvgIpc) is 2.52. The van der Waals surface area contributed by atoms with E-state index >= 15 is 0 Å². The number of alkyl halides is 3. The number of nitro groups is 1. The highest BCUT2D eigenvalue weighted by molar-refractivity contribution is 5.95. The second kappa shape index (κ2) is 7.07. The highest BCUT2D eigenvalue weighted by Gasteiger charge is 2.32. The molecule has 0 radical (unpaired) electrons. The molecule has 0 aliphatic carbocycles. The van der Waals surface area contributed by atoms with Crippen molar-refractivity contribution in [3.63, 3.8) is 0 Å². The van der Waals surface area contributed by atoms with Gasteiger partial charge in [-0.2, -0.15) is 0 Å². The third-order valence-electron chi connectivity index (χ3n) is 3.13. The maximum absolute atomic E-state index is 12.4. The van der Waals surface area contributed by atoms with Crippen LogP contribution in [0.2, 0.25) is 0 Å². The largest absolute Gasteiger partial charge is 0.573 e. The van der Waals surface area contributed by atoms with Crippen LogP contribution < -0.4 is 15.8 Å². The van der Waals surface area contributed by atoms with E-state index in [0.717, 1.165) is 12.1 Å². The van der Waals surface area contributed by atoms with Crippen LogP contribution in [0.3, 0.4) is 0 Å². The number of halogens is 3. The summed E-state index contributed by atoms with van der Waals surface area (Å²) >= 11 is 0. The number of ether oxygens (including phenoxy) is 1. The van der Waals surface area contributed by atoms with Crippen LogP contribution in [0.5, 0.6) is 5.75 Å². The minimum atomic E-state index is -4.86. The first kappa shape index (κ1) is 18.0. The molecule has 25 heavy (non-hydrogen) atoms. The summed E-state index contributed by atoms with van der Waals surface area (Å²) < 4.78 is 41.0. The maximum Gasteiger partial charge on any atom is 0.573 e. The van der Waals surface area contributed by atoms with Gasteiger partial charge in [-0.15, -0.1) is 13.2 Å². The number of rotatable bonds is 5. The van der Waals surface area contributed by atoms with E-state index in [4.69, 9.17) is 5.73 Å². The van der Waals surface area contributed by atoms with E-state index in [0.29, 0.717) is 0 Å². The number of carbonyl (C=O) groups excluding carboxylic acids is 1. The number of nitro benzene ring substituents is 1. The number of nitrogens with zero attached hydrogens (tertiary/aromatic N) is 1. The van der Waals surface area contributed by atoms with Crippen molar-refractivity contribution < 1.29 is 27.6 Å². The molecule has 0 fully saturated rings. The van der Waals surface area contributed by atoms with E-state index < -0.39 is 28.6 Å². The third-order valence-corrected chi connectivity index (χ3v) is 3.13. The molecule has 0 saturated carbocycles. The van der Waals surface area contributed by atoms with Crippen LogP contribution >= 0.6 is 0 Å². The third kappa shape index (κ3) is 4.83. The maximum atomic E-state index is 12.4. The van der Waals surface area contributed by atoms with Gasteiger partial charge in [0.05, 0.1) is 4.92 Å². The van der Waals surface area contributed by atoms with Gasteiger partial charge in [-0.25, -0.2) is 0 Å². The van der Waals surface area contributed by atoms with Crippen LogP contribution in [0.25, 0.3) is 0 Å². The van der Waals surface area contributed by atoms with Crippen LogP contribution in [-0.4, -0.2) is 17.2 Å². The zero-order chi connectivity index (χ0) is 18.6. The van der Waals surface area contributed by atoms with Gasteiger partial charge in [0.2, 0.25) is 0 Å². The number of benzene rings is 2. The number of nitrogens with one attached hydrogen (secondary N) is 1. The number of hydrogen-bond donors (Lipinski definition) is 2. The molecule has 0 unspecified atom stereocenters. The molecule has 0 saturated heterocycles. The van der Waals surface area contributed by atoms with Crippen LogP contribution in [-0.2, 0) is 6.54 Å². The van der Waals surface area contributed by atoms with Gasteiger partial charge >= 0.3 is 6.36 Å². The number of carbonyl (C=O) groups is 1. The molecule has 3 N–H and O–H groups in total. The summed E-state index contributed by atoms with van der Waals surface area (Å²) in [7, 11) is 0. The smallest absolute Gasteiger partial charge is 0.405 e. The predicted molar refractivity (Wildman–Crippen MR) is 81.8 cm³/mol. The standard InChI is InChI=1S/C15H12F3N3O4/c16-15(17,18)25-13-4-2-1-3-10(13)8-20-14(22)9-5-6-11(19)12(7-9)21(23)24/h1-7H,8,19H2,(H,20,22). The summed E-state index contributed by atoms with van der Waals surface area (Å²) in [5, 5.41) is 13.2. The lowest BCUT2D eigenvalue weighted by atomic mass is 10.1. The fourth-order valence-corrected chi connectivity index (χ4v) is 1.99. The number of hydrogen-bond acceptors (Lipinski definition) is 5. The molecule has 2 aromatic rings. The zero-order valence-corrected chi connectivity index (χ0v) is 12.5. The predicted octanol–water partition coefficient (Wildman–Crippen LogP) is 3.01. The zero-order valence-electron chi connectivity index (χ0n) is 12.5. The molecule has 2 rings (SSSR count). The summed E-state index contributed by atoms with van der Waals surface area (Å²) in [6.07, 6.45) is -4.86. The molecule has 1 amide bonds. The Morgan fingerprint density at radius 1 is 1.24 bits per heavy atom. The second-order valence-electron chi connectivity index (χ2n) is 4.87. The van der Waals surface area contributed by atoms with E-state index in [1.165, 1.54) is 30.3 Å². The number of nitrogen functional groups attached to an aromatic ring is 1. The minimum absolute atomic E-state index is 0.0462. The summed E-state index contributed by atoms with van der Waals surface area (Å²) in [6.45, 7) is -0.261. The fourth-order valence-electron chi connectivity index (χ4n) is 1.99. The minimum Gasteiger partial charge on any atom is -0.405 e. The van der Waals surface area contributed by atoms with Gasteiger partial charge in [0, 0.05) is 23.7 Å². The van der Waals surface area contributed by atoms with Crippen LogP contribution in [0.15, 0.2) is 42.5 Å². The Labute approximate surface area is 139 Å². The molecule has 0 atom stereocenters. The van der Waals surface area contributed by atoms with Gasteiger partial charge in [0.1, 0.15) is 11.4 Å². The SMILES string of the molecule is Nc1ccc(C(=O)NCc2ccccc2OC(F)(F)F)cc1[N+](=O)[O-]. The summed E-state index contributed by atoms with van der Waals surface area (Å²) in [4.78, 5) is 22.1. The molecular formula is C15H12F3N3O4. The van der Waals surface area contributed by atoms with E-state index in [9.17, 15) is 28.1 Å². The number of nitrogens with two attached hydrogens (primary N) is 1. The molecule has 0 heterocycles. The Hall–Kier alpha value is -3.30. The highest BCUT2D eigenvalue weighted by Crippen LogP contribution is 2.26. The average molecular weight is 355 g/mol. The molecule has 0 bridgehead atoms. The number of para-hydroxylation sites is 1. The summed E-state index contributed by atoms with van der Waals surface area (Å²) in [6, 6.07) is 8.77. The topological polar surface area (TPSA) is 107 Å². The van der Waals surface area contributed by atoms with E-state index in [2.05, 4.69) is 10.1 Å². The van der Waals surface area contributed by atoms with Gasteiger partial charge in [0.25, 0.3) is 11.6 Å². The number of anilines is 1. The van der Waals surface area contributed by atoms with Gasteiger partial charge in [-0.3, -0.25) is 14.9 Å². The van der Waals surface area contributed by atoms with Gasteiger partial charge in [-0.1, -0.05) is 18.2 Å². The summed E-state index contributed by atoms with van der Waals surface area (Å²) in [5.74, 6) is -1.15. The van der Waals surface area contributed by atoms with E-state index in [1.807, 2.05) is 0 Å². The normalized spacial score (nSPS) is 11.0. The Balaban J connectivity index is 2.13. The molecular weight excluding hydrogens is 343 g/mol. The Bertz CT molecular complexity index is 809. The van der Waals surface area contributed by atoms with Gasteiger partial charge in [0.15, 0.2) is 0 Å². The van der Waals surface area contributed by atoms with Crippen molar-refractivity contribution in [3.05, 3.63) is 63.7 Å². The van der Waals surface area contributed by atoms with Crippen LogP contribution in [0, 0.1) is 10.1 Å². The van der Waals surface area contributed by atoms with Crippen LogP contribution in [0.4, 0.5) is 24.5 Å². The quantitative estimate of drug-likeness (QED) is 0.487. The molecule has 10 heteroatoms. The van der Waals surface area contributed by atoms with Crippen molar-refractivity contribution in [2.75, 3.05) is 5.73 Å². The molecule has 2 aromatic carbocycles. The Kier molecular flexibility index (Phi) is 5.11. The fraction of sp³-hybridized carbons (Fsp3) is 0.133. The van der Waals surface area contributed by atoms with Crippen molar-refractivity contribution in [1.82, 2.24) is 5.32 Å². The Morgan fingerprint density at radius 3 is 2.56 bits per heavy atom. The second-order valence-corrected chi connectivity index (χ2v) is 4.87. The lowest BCUT2D eigenvalue weighted by Crippen LogP contribution is -2.24. The van der Waals surface area contributed by atoms with Gasteiger partial charge < -0.3 is 15.8 Å². The summed E-state index contributed by atoms with van der Waals surface area (Å²) in [5.41, 5.74) is 4.94. The van der Waals surface area contributed by atoms with E-state index in [1.54, 1.807) is 0 Å². The van der Waals surface area contributed by atoms with Crippen molar-refractivity contribution in [3.8, 4) is 5.75 Å². The highest BCUT2D eigenvalue weighted by atomic mass is 19.4. The molecule has 132 valence electrons. The first-order valence-corrected chi connectivity index (χ1v) is 6.83. The van der Waals surface area contributed by atoms with Crippen molar-refractivity contribution in [2.45, 2.75) is 12.9 Å². The first-order chi connectivity index (χ1) is 11.7. The monoisotopic (exact) mass is 355 g/mol. The van der Waals surface area contributed by atoms with E-state index in [-0.39, 0.29) is 23.4 Å². The number of amides is 1. The lowest BCUT2D eigenvalue weighted by Gasteiger charge is -2.13. The molecule has 0 aliphatic rings. The first-order valence-electron chi connectivity index (χ1n) is 6.83. The molecule has 0 spiro atoms. The Morgan fingerprint density at radius 2 is 1.92 bits per heavy atom. The van der Waals surface area contributed by atoms with Crippen LogP contribution in [0.1, 0.15) is 15.9 Å².